The summed E-state index contributed by atoms with van der Waals surface area (Å²) in [6.45, 7) is 0. The third kappa shape index (κ3) is 3.74. The molecule has 6 heteroatoms. The average molecular weight is 397 g/mol. The van der Waals surface area contributed by atoms with Crippen LogP contribution in [0.2, 0.25) is 0 Å². The Morgan fingerprint density at radius 1 is 1.13 bits per heavy atom. The van der Waals surface area contributed by atoms with E-state index in [0.717, 1.165) is 28.3 Å². The molecule has 0 fully saturated rings. The van der Waals surface area contributed by atoms with Crippen molar-refractivity contribution >= 4 is 17.4 Å². The lowest BCUT2D eigenvalue weighted by atomic mass is 9.97. The number of benzene rings is 3. The van der Waals surface area contributed by atoms with E-state index in [1.807, 2.05) is 41.4 Å². The van der Waals surface area contributed by atoms with E-state index in [4.69, 9.17) is 20.2 Å². The minimum absolute atomic E-state index is 0.0535. The fourth-order valence-electron chi connectivity index (χ4n) is 3.53. The van der Waals surface area contributed by atoms with Gasteiger partial charge in [0.15, 0.2) is 0 Å². The smallest absolute Gasteiger partial charge is 0.335 e. The van der Waals surface area contributed by atoms with Gasteiger partial charge in [-0.2, -0.15) is 10.4 Å². The number of hydrazone groups is 1. The number of ether oxygens (including phenoxy) is 1. The van der Waals surface area contributed by atoms with Crippen LogP contribution in [-0.4, -0.2) is 23.9 Å². The molecule has 0 amide bonds. The Balaban J connectivity index is 1.73. The summed E-state index contributed by atoms with van der Waals surface area (Å²) < 4.78 is 5.39. The Bertz CT molecular complexity index is 1150. The quantitative estimate of drug-likeness (QED) is 0.679. The molecule has 1 aliphatic rings. The van der Waals surface area contributed by atoms with E-state index in [-0.39, 0.29) is 11.6 Å². The van der Waals surface area contributed by atoms with Gasteiger partial charge in [0.05, 0.1) is 41.7 Å². The van der Waals surface area contributed by atoms with Gasteiger partial charge in [0.1, 0.15) is 5.75 Å². The predicted octanol–water partition coefficient (Wildman–Crippen LogP) is 4.62. The number of nitrogens with zero attached hydrogens (tertiary/aromatic N) is 3. The van der Waals surface area contributed by atoms with Gasteiger partial charge >= 0.3 is 5.97 Å². The van der Waals surface area contributed by atoms with Crippen molar-refractivity contribution in [3.05, 3.63) is 95.1 Å². The van der Waals surface area contributed by atoms with Gasteiger partial charge in [-0.05, 0) is 59.7 Å². The number of hydrogen-bond donors (Lipinski definition) is 1. The second kappa shape index (κ2) is 8.10. The normalized spacial score (nSPS) is 15.4. The summed E-state index contributed by atoms with van der Waals surface area (Å²) in [7, 11) is 1.64. The summed E-state index contributed by atoms with van der Waals surface area (Å²) in [5, 5.41) is 25.0. The fraction of sp³-hybridized carbons (Fsp3) is 0.125. The number of carbonyl (C=O) groups is 1. The molecule has 0 aliphatic carbocycles. The molecule has 0 radical (unpaired) electrons. The first-order chi connectivity index (χ1) is 14.6. The minimum atomic E-state index is -0.955. The maximum Gasteiger partial charge on any atom is 0.335 e. The van der Waals surface area contributed by atoms with Crippen LogP contribution < -0.4 is 9.75 Å². The standard InChI is InChI=1S/C24H19N3O3/c1-30-21-4-2-3-19(13-21)23-14-22(17-7-9-18(10-8-17)24(28)29)26-27(23)20-11-5-16(15-25)6-12-20/h2-13,23H,14H2,1H3,(H,28,29). The SMILES string of the molecule is COc1cccc(C2CC(c3ccc(C(=O)O)cc3)=NN2c2ccc(C#N)cc2)c1. The van der Waals surface area contributed by atoms with Gasteiger partial charge in [-0.25, -0.2) is 4.79 Å². The van der Waals surface area contributed by atoms with E-state index in [0.29, 0.717) is 12.0 Å². The van der Waals surface area contributed by atoms with E-state index >= 15 is 0 Å². The lowest BCUT2D eigenvalue weighted by Crippen LogP contribution is -2.18. The van der Waals surface area contributed by atoms with Gasteiger partial charge < -0.3 is 9.84 Å². The molecular weight excluding hydrogens is 378 g/mol. The third-order valence-electron chi connectivity index (χ3n) is 5.11. The van der Waals surface area contributed by atoms with Crippen molar-refractivity contribution in [1.82, 2.24) is 0 Å². The van der Waals surface area contributed by atoms with Crippen molar-refractivity contribution in [2.75, 3.05) is 12.1 Å². The van der Waals surface area contributed by atoms with E-state index in [9.17, 15) is 4.79 Å². The zero-order valence-corrected chi connectivity index (χ0v) is 16.3. The summed E-state index contributed by atoms with van der Waals surface area (Å²) in [5.74, 6) is -0.185. The van der Waals surface area contributed by atoms with Crippen molar-refractivity contribution in [3.8, 4) is 11.8 Å². The molecule has 1 heterocycles. The number of methoxy groups -OCH3 is 1. The van der Waals surface area contributed by atoms with E-state index in [2.05, 4.69) is 6.07 Å². The molecule has 1 atom stereocenters. The molecule has 3 aromatic carbocycles. The summed E-state index contributed by atoms with van der Waals surface area (Å²) >= 11 is 0. The van der Waals surface area contributed by atoms with Gasteiger partial charge in [0.25, 0.3) is 0 Å². The molecule has 148 valence electrons. The van der Waals surface area contributed by atoms with Crippen LogP contribution in [0.1, 0.15) is 39.5 Å². The van der Waals surface area contributed by atoms with Crippen LogP contribution in [-0.2, 0) is 0 Å². The largest absolute Gasteiger partial charge is 0.497 e. The lowest BCUT2D eigenvalue weighted by Gasteiger charge is -2.24. The number of carboxylic acid groups (broad SMARTS) is 1. The zero-order valence-electron chi connectivity index (χ0n) is 16.3. The Morgan fingerprint density at radius 3 is 2.50 bits per heavy atom. The molecule has 6 nitrogen and oxygen atoms in total. The van der Waals surface area contributed by atoms with Gasteiger partial charge in [0.2, 0.25) is 0 Å². The molecular formula is C24H19N3O3. The van der Waals surface area contributed by atoms with Crippen molar-refractivity contribution in [3.63, 3.8) is 0 Å². The number of aromatic carboxylic acids is 1. The Hall–Kier alpha value is -4.11. The van der Waals surface area contributed by atoms with E-state index in [1.54, 1.807) is 43.5 Å². The predicted molar refractivity (Wildman–Crippen MR) is 114 cm³/mol. The van der Waals surface area contributed by atoms with Gasteiger partial charge in [-0.1, -0.05) is 24.3 Å². The second-order valence-electron chi connectivity index (χ2n) is 6.93. The summed E-state index contributed by atoms with van der Waals surface area (Å²) in [6.07, 6.45) is 0.652. The first-order valence-electron chi connectivity index (χ1n) is 9.43. The number of rotatable bonds is 5. The molecule has 0 aromatic heterocycles. The number of anilines is 1. The van der Waals surface area contributed by atoms with Crippen LogP contribution in [0.4, 0.5) is 5.69 Å². The van der Waals surface area contributed by atoms with Crippen molar-refractivity contribution < 1.29 is 14.6 Å². The maximum atomic E-state index is 11.1. The maximum absolute atomic E-state index is 11.1. The first-order valence-corrected chi connectivity index (χ1v) is 9.43. The molecule has 0 saturated carbocycles. The summed E-state index contributed by atoms with van der Waals surface area (Å²) in [5.41, 5.74) is 4.50. The van der Waals surface area contributed by atoms with E-state index < -0.39 is 5.97 Å². The number of nitriles is 1. The summed E-state index contributed by atoms with van der Waals surface area (Å²) in [6, 6.07) is 24.0. The van der Waals surface area contributed by atoms with Crippen LogP contribution in [0.5, 0.6) is 5.75 Å². The molecule has 3 aromatic rings. The van der Waals surface area contributed by atoms with E-state index in [1.165, 1.54) is 0 Å². The molecule has 1 unspecified atom stereocenters. The van der Waals surface area contributed by atoms with Crippen LogP contribution in [0.15, 0.2) is 77.9 Å². The minimum Gasteiger partial charge on any atom is -0.497 e. The number of carboxylic acids is 1. The van der Waals surface area contributed by atoms with Crippen molar-refractivity contribution in [2.24, 2.45) is 5.10 Å². The van der Waals surface area contributed by atoms with Crippen molar-refractivity contribution in [2.45, 2.75) is 12.5 Å². The highest BCUT2D eigenvalue weighted by Gasteiger charge is 2.30. The van der Waals surface area contributed by atoms with Crippen LogP contribution >= 0.6 is 0 Å². The highest BCUT2D eigenvalue weighted by atomic mass is 16.5. The molecule has 0 bridgehead atoms. The van der Waals surface area contributed by atoms with Crippen molar-refractivity contribution in [1.29, 1.82) is 5.26 Å². The third-order valence-corrected chi connectivity index (χ3v) is 5.11. The van der Waals surface area contributed by atoms with Crippen LogP contribution in [0.25, 0.3) is 0 Å². The Kier molecular flexibility index (Phi) is 5.19. The first kappa shape index (κ1) is 19.2. The monoisotopic (exact) mass is 397 g/mol. The Morgan fingerprint density at radius 2 is 1.87 bits per heavy atom. The van der Waals surface area contributed by atoms with Gasteiger partial charge in [-0.15, -0.1) is 0 Å². The average Bonchev–Trinajstić information content (AvgIpc) is 3.25. The molecule has 0 saturated heterocycles. The molecule has 4 rings (SSSR count). The molecule has 1 aliphatic heterocycles. The highest BCUT2D eigenvalue weighted by molar-refractivity contribution is 6.04. The zero-order chi connectivity index (χ0) is 21.1. The van der Waals surface area contributed by atoms with Gasteiger partial charge in [0, 0.05) is 6.42 Å². The fourth-order valence-corrected chi connectivity index (χ4v) is 3.53. The van der Waals surface area contributed by atoms with Crippen LogP contribution in [0, 0.1) is 11.3 Å². The molecule has 0 spiro atoms. The Labute approximate surface area is 174 Å². The summed E-state index contributed by atoms with van der Waals surface area (Å²) in [4.78, 5) is 11.1. The number of hydrogen-bond acceptors (Lipinski definition) is 5. The second-order valence-corrected chi connectivity index (χ2v) is 6.93. The lowest BCUT2D eigenvalue weighted by molar-refractivity contribution is 0.0697. The highest BCUT2D eigenvalue weighted by Crippen LogP contribution is 2.37. The van der Waals surface area contributed by atoms with Gasteiger partial charge in [-0.3, -0.25) is 5.01 Å². The topological polar surface area (TPSA) is 85.9 Å². The molecule has 30 heavy (non-hydrogen) atoms. The van der Waals surface area contributed by atoms with Crippen LogP contribution in [0.3, 0.4) is 0 Å². The molecule has 1 N–H and O–H groups in total.